The third kappa shape index (κ3) is 4.67. The molecule has 0 radical (unpaired) electrons. The molecule has 172 valence electrons. The first-order valence-electron chi connectivity index (χ1n) is 10.7. The molecular formula is C24H29FN2O4S. The van der Waals surface area contributed by atoms with E-state index in [1.165, 1.54) is 10.6 Å². The van der Waals surface area contributed by atoms with Crippen LogP contribution in [0.25, 0.3) is 0 Å². The van der Waals surface area contributed by atoms with Crippen molar-refractivity contribution in [3.8, 4) is 11.5 Å². The van der Waals surface area contributed by atoms with E-state index in [0.717, 1.165) is 36.3 Å². The van der Waals surface area contributed by atoms with Crippen molar-refractivity contribution in [1.29, 1.82) is 0 Å². The minimum Gasteiger partial charge on any atom is -0.508 e. The highest BCUT2D eigenvalue weighted by Crippen LogP contribution is 2.41. The molecule has 2 aromatic rings. The van der Waals surface area contributed by atoms with Crippen molar-refractivity contribution in [1.82, 2.24) is 9.21 Å². The maximum atomic E-state index is 12.7. The molecule has 2 aromatic carbocycles. The van der Waals surface area contributed by atoms with Gasteiger partial charge in [0.1, 0.15) is 18.1 Å². The van der Waals surface area contributed by atoms with Gasteiger partial charge in [-0.3, -0.25) is 9.29 Å². The Morgan fingerprint density at radius 3 is 2.56 bits per heavy atom. The molecule has 0 saturated carbocycles. The molecular weight excluding hydrogens is 431 g/mol. The van der Waals surface area contributed by atoms with E-state index < -0.39 is 22.1 Å². The number of alkyl halides is 1. The Bertz CT molecular complexity index is 1070. The quantitative estimate of drug-likeness (QED) is 0.613. The second kappa shape index (κ2) is 9.21. The highest BCUT2D eigenvalue weighted by molar-refractivity contribution is 7.88. The van der Waals surface area contributed by atoms with Gasteiger partial charge in [0.15, 0.2) is 0 Å². The molecule has 0 amide bonds. The smallest absolute Gasteiger partial charge is 0.212 e. The lowest BCUT2D eigenvalue weighted by molar-refractivity contribution is 0.0668. The van der Waals surface area contributed by atoms with Gasteiger partial charge < -0.3 is 9.84 Å². The van der Waals surface area contributed by atoms with Crippen molar-refractivity contribution >= 4 is 10.0 Å². The molecule has 1 saturated heterocycles. The zero-order chi connectivity index (χ0) is 22.9. The number of sulfonamides is 1. The van der Waals surface area contributed by atoms with Crippen molar-refractivity contribution in [3.05, 3.63) is 71.8 Å². The summed E-state index contributed by atoms with van der Waals surface area (Å²) in [4.78, 5) is 2.16. The number of phenols is 1. The maximum absolute atomic E-state index is 12.7. The number of halogens is 1. The Morgan fingerprint density at radius 1 is 1.22 bits per heavy atom. The topological polar surface area (TPSA) is 70.1 Å². The Balaban J connectivity index is 1.55. The lowest BCUT2D eigenvalue weighted by Crippen LogP contribution is -2.49. The van der Waals surface area contributed by atoms with Crippen LogP contribution in [0, 0.1) is 5.92 Å². The van der Waals surface area contributed by atoms with Gasteiger partial charge in [0.05, 0.1) is 19.0 Å². The van der Waals surface area contributed by atoms with Gasteiger partial charge in [-0.1, -0.05) is 24.3 Å². The van der Waals surface area contributed by atoms with Crippen LogP contribution in [0.15, 0.2) is 55.1 Å². The molecule has 1 fully saturated rings. The minimum atomic E-state index is -3.54. The van der Waals surface area contributed by atoms with Gasteiger partial charge in [0.2, 0.25) is 10.0 Å². The number of nitrogens with zero attached hydrogens (tertiary/aromatic N) is 2. The Kier molecular flexibility index (Phi) is 6.55. The van der Waals surface area contributed by atoms with E-state index in [0.29, 0.717) is 18.8 Å². The highest BCUT2D eigenvalue weighted by Gasteiger charge is 2.39. The molecule has 1 N–H and O–H groups in total. The number of hydrogen-bond donors (Lipinski definition) is 1. The molecule has 0 aromatic heterocycles. The van der Waals surface area contributed by atoms with Gasteiger partial charge in [0, 0.05) is 31.6 Å². The third-order valence-corrected chi connectivity index (χ3v) is 7.46. The van der Waals surface area contributed by atoms with Crippen LogP contribution in [0.4, 0.5) is 4.39 Å². The van der Waals surface area contributed by atoms with Gasteiger partial charge in [0.25, 0.3) is 0 Å². The van der Waals surface area contributed by atoms with E-state index in [1.807, 2.05) is 24.3 Å². The minimum absolute atomic E-state index is 0.155. The summed E-state index contributed by atoms with van der Waals surface area (Å²) in [6.45, 7) is 6.40. The molecule has 0 bridgehead atoms. The van der Waals surface area contributed by atoms with E-state index in [4.69, 9.17) is 4.74 Å². The maximum Gasteiger partial charge on any atom is 0.212 e. The standard InChI is InChI=1S/C24H29FN2O4S/c1-3-20-12-19-13-21(28)6-9-23(19)24(27(20)32(2,29)30)18-4-7-22(8-5-18)31-11-10-26-15-17(14-25)16-26/h3-9,13,17,20,24,28H,1,10-12,14-16H2,2H3/t20-,24+/m0/s1. The number of benzene rings is 2. The van der Waals surface area contributed by atoms with Crippen LogP contribution in [0.3, 0.4) is 0 Å². The van der Waals surface area contributed by atoms with Gasteiger partial charge >= 0.3 is 0 Å². The second-order valence-corrected chi connectivity index (χ2v) is 10.5. The molecule has 0 aliphatic carbocycles. The van der Waals surface area contributed by atoms with Gasteiger partial charge in [-0.25, -0.2) is 8.42 Å². The van der Waals surface area contributed by atoms with Crippen LogP contribution in [-0.2, 0) is 16.4 Å². The molecule has 0 unspecified atom stereocenters. The van der Waals surface area contributed by atoms with Crippen LogP contribution in [0.5, 0.6) is 11.5 Å². The summed E-state index contributed by atoms with van der Waals surface area (Å²) in [5.41, 5.74) is 2.57. The molecule has 2 atom stereocenters. The summed E-state index contributed by atoms with van der Waals surface area (Å²) in [5.74, 6) is 1.01. The molecule has 2 aliphatic heterocycles. The zero-order valence-corrected chi connectivity index (χ0v) is 19.0. The van der Waals surface area contributed by atoms with Crippen molar-refractivity contribution in [2.75, 3.05) is 39.2 Å². The SMILES string of the molecule is C=C[C@H]1Cc2cc(O)ccc2[C@@H](c2ccc(OCCN3CC(CF)C3)cc2)N1S(C)(=O)=O. The summed E-state index contributed by atoms with van der Waals surface area (Å²) in [6, 6.07) is 11.6. The van der Waals surface area contributed by atoms with Crippen LogP contribution in [-0.4, -0.2) is 67.9 Å². The van der Waals surface area contributed by atoms with Crippen molar-refractivity contribution < 1.29 is 22.7 Å². The predicted molar refractivity (Wildman–Crippen MR) is 122 cm³/mol. The number of aromatic hydroxyl groups is 1. The molecule has 8 heteroatoms. The largest absolute Gasteiger partial charge is 0.508 e. The number of rotatable bonds is 8. The monoisotopic (exact) mass is 460 g/mol. The summed E-state index contributed by atoms with van der Waals surface area (Å²) in [7, 11) is -3.54. The van der Waals surface area contributed by atoms with Crippen molar-refractivity contribution in [3.63, 3.8) is 0 Å². The molecule has 0 spiro atoms. The Hall–Kier alpha value is -2.42. The lowest BCUT2D eigenvalue weighted by Gasteiger charge is -2.40. The fourth-order valence-electron chi connectivity index (χ4n) is 4.63. The number of likely N-dealkylation sites (tertiary alicyclic amines) is 1. The molecule has 2 aliphatic rings. The molecule has 4 rings (SSSR count). The van der Waals surface area contributed by atoms with E-state index in [2.05, 4.69) is 11.5 Å². The fourth-order valence-corrected chi connectivity index (χ4v) is 5.90. The van der Waals surface area contributed by atoms with Crippen molar-refractivity contribution in [2.45, 2.75) is 18.5 Å². The first kappa shape index (κ1) is 22.8. The summed E-state index contributed by atoms with van der Waals surface area (Å²) < 4.78 is 45.3. The first-order chi connectivity index (χ1) is 15.3. The second-order valence-electron chi connectivity index (χ2n) is 8.58. The third-order valence-electron chi connectivity index (χ3n) is 6.21. The highest BCUT2D eigenvalue weighted by atomic mass is 32.2. The summed E-state index contributed by atoms with van der Waals surface area (Å²) >= 11 is 0. The van der Waals surface area contributed by atoms with E-state index in [9.17, 15) is 17.9 Å². The van der Waals surface area contributed by atoms with E-state index in [1.54, 1.807) is 24.3 Å². The lowest BCUT2D eigenvalue weighted by atomic mass is 9.86. The predicted octanol–water partition coefficient (Wildman–Crippen LogP) is 3.13. The van der Waals surface area contributed by atoms with Gasteiger partial charge in [-0.15, -0.1) is 6.58 Å². The van der Waals surface area contributed by atoms with Crippen LogP contribution >= 0.6 is 0 Å². The average Bonchev–Trinajstić information content (AvgIpc) is 2.73. The van der Waals surface area contributed by atoms with Crippen LogP contribution in [0.2, 0.25) is 0 Å². The Morgan fingerprint density at radius 2 is 1.94 bits per heavy atom. The van der Waals surface area contributed by atoms with E-state index in [-0.39, 0.29) is 18.3 Å². The molecule has 32 heavy (non-hydrogen) atoms. The number of ether oxygens (including phenoxy) is 1. The van der Waals surface area contributed by atoms with Gasteiger partial charge in [-0.2, -0.15) is 4.31 Å². The van der Waals surface area contributed by atoms with Crippen LogP contribution < -0.4 is 4.74 Å². The number of phenolic OH excluding ortho intramolecular Hbond substituents is 1. The normalized spacial score (nSPS) is 22.2. The number of fused-ring (bicyclic) bond motifs is 1. The molecule has 2 heterocycles. The number of hydrogen-bond acceptors (Lipinski definition) is 5. The summed E-state index contributed by atoms with van der Waals surface area (Å²) in [5, 5.41) is 9.94. The van der Waals surface area contributed by atoms with E-state index >= 15 is 0 Å². The average molecular weight is 461 g/mol. The fraction of sp³-hybridized carbons (Fsp3) is 0.417. The summed E-state index contributed by atoms with van der Waals surface area (Å²) in [6.07, 6.45) is 3.31. The first-order valence-corrected chi connectivity index (χ1v) is 12.6. The Labute approximate surface area is 189 Å². The van der Waals surface area contributed by atoms with Crippen LogP contribution in [0.1, 0.15) is 22.7 Å². The zero-order valence-electron chi connectivity index (χ0n) is 18.2. The van der Waals surface area contributed by atoms with Crippen molar-refractivity contribution in [2.24, 2.45) is 5.92 Å². The molecule has 6 nitrogen and oxygen atoms in total. The van der Waals surface area contributed by atoms with Gasteiger partial charge in [-0.05, 0) is 47.4 Å².